The summed E-state index contributed by atoms with van der Waals surface area (Å²) in [5, 5.41) is 11.4. The van der Waals surface area contributed by atoms with Crippen molar-refractivity contribution < 1.29 is 0 Å². The molecule has 1 aliphatic heterocycles. The molecule has 2 nitrogen and oxygen atoms in total. The monoisotopic (exact) mass is 652 g/mol. The first kappa shape index (κ1) is 29.6. The highest BCUT2D eigenvalue weighted by atomic mass is 15.0. The Bertz CT molecular complexity index is 2730. The number of aliphatic imine (C=N–C) groups is 1. The van der Waals surface area contributed by atoms with Crippen LogP contribution in [0.15, 0.2) is 175 Å². The van der Waals surface area contributed by atoms with Gasteiger partial charge in [-0.05, 0) is 83.4 Å². The van der Waals surface area contributed by atoms with E-state index >= 15 is 0 Å². The minimum atomic E-state index is -0.139. The van der Waals surface area contributed by atoms with Crippen molar-refractivity contribution in [1.29, 1.82) is 0 Å². The fraction of sp³-hybridized carbons (Fsp3) is 0.0816. The van der Waals surface area contributed by atoms with Crippen LogP contribution >= 0.6 is 0 Å². The maximum absolute atomic E-state index is 5.41. The summed E-state index contributed by atoms with van der Waals surface area (Å²) in [6, 6.07) is 59.6. The smallest absolute Gasteiger partial charge is 0.134 e. The predicted molar refractivity (Wildman–Crippen MR) is 215 cm³/mol. The average Bonchev–Trinajstić information content (AvgIpc) is 3.43. The van der Waals surface area contributed by atoms with Crippen molar-refractivity contribution in [3.8, 4) is 22.3 Å². The molecule has 0 fully saturated rings. The molecule has 2 heteroatoms. The van der Waals surface area contributed by atoms with Crippen LogP contribution in [0.2, 0.25) is 0 Å². The summed E-state index contributed by atoms with van der Waals surface area (Å²) in [6.45, 7) is 4.70. The standard InChI is InChI=1S/C49H36N2/c1-49(2)43-22-11-10-19-38(43)40-20-12-21-41(47(40)49)45-30-44(32-14-4-3-5-15-32)50-48(51-45)34-25-23-33(24-26-34)46-37-18-9-7-16-35(37)29-42-36-17-8-6-13-31(36)27-28-39(42)46/h3-30,44H,1-2H3,(H,50,51). The van der Waals surface area contributed by atoms with Gasteiger partial charge in [-0.1, -0.05) is 172 Å². The summed E-state index contributed by atoms with van der Waals surface area (Å²) in [5.74, 6) is 0.882. The van der Waals surface area contributed by atoms with Crippen molar-refractivity contribution >= 4 is 43.9 Å². The number of fused-ring (bicyclic) bond motifs is 7. The molecule has 51 heavy (non-hydrogen) atoms. The van der Waals surface area contributed by atoms with Crippen LogP contribution < -0.4 is 5.32 Å². The number of amidine groups is 1. The van der Waals surface area contributed by atoms with E-state index in [-0.39, 0.29) is 11.5 Å². The fourth-order valence-corrected chi connectivity index (χ4v) is 8.66. The van der Waals surface area contributed by atoms with E-state index in [9.17, 15) is 0 Å². The lowest BCUT2D eigenvalue weighted by atomic mass is 9.79. The molecule has 1 aliphatic carbocycles. The number of rotatable bonds is 4. The molecule has 0 bridgehead atoms. The molecule has 0 spiro atoms. The molecular formula is C49H36N2. The highest BCUT2D eigenvalue weighted by molar-refractivity contribution is 6.20. The highest BCUT2D eigenvalue weighted by Gasteiger charge is 2.38. The lowest BCUT2D eigenvalue weighted by Gasteiger charge is -2.28. The first-order valence-corrected chi connectivity index (χ1v) is 17.8. The van der Waals surface area contributed by atoms with Gasteiger partial charge in [-0.15, -0.1) is 0 Å². The second-order valence-corrected chi connectivity index (χ2v) is 14.4. The molecule has 1 N–H and O–H groups in total. The third kappa shape index (κ3) is 4.67. The van der Waals surface area contributed by atoms with Crippen molar-refractivity contribution in [2.75, 3.05) is 0 Å². The van der Waals surface area contributed by atoms with E-state index in [1.807, 2.05) is 0 Å². The van der Waals surface area contributed by atoms with Gasteiger partial charge in [0.2, 0.25) is 0 Å². The van der Waals surface area contributed by atoms with Crippen LogP contribution in [0.3, 0.4) is 0 Å². The van der Waals surface area contributed by atoms with Crippen LogP contribution in [0.4, 0.5) is 0 Å². The average molecular weight is 653 g/mol. The highest BCUT2D eigenvalue weighted by Crippen LogP contribution is 2.51. The van der Waals surface area contributed by atoms with Crippen LogP contribution in [0.5, 0.6) is 0 Å². The third-order valence-electron chi connectivity index (χ3n) is 11.1. The number of benzene rings is 8. The zero-order valence-electron chi connectivity index (χ0n) is 28.7. The Kier molecular flexibility index (Phi) is 6.63. The number of nitrogens with one attached hydrogen (secondary N) is 1. The van der Waals surface area contributed by atoms with Crippen molar-refractivity contribution in [3.05, 3.63) is 198 Å². The van der Waals surface area contributed by atoms with E-state index in [0.717, 1.165) is 17.1 Å². The SMILES string of the molecule is CC1(C)c2ccccc2-c2cccc(C3=CC(c4ccccc4)NC(c4ccc(-c5c6ccccc6cc6c5ccc5ccccc56)cc4)=N3)c21. The van der Waals surface area contributed by atoms with E-state index in [4.69, 9.17) is 4.99 Å². The molecule has 0 aromatic heterocycles. The maximum Gasteiger partial charge on any atom is 0.134 e. The number of hydrogen-bond acceptors (Lipinski definition) is 2. The summed E-state index contributed by atoms with van der Waals surface area (Å²) >= 11 is 0. The largest absolute Gasteiger partial charge is 0.359 e. The molecule has 2 aliphatic rings. The molecule has 242 valence electrons. The summed E-state index contributed by atoms with van der Waals surface area (Å²) < 4.78 is 0. The minimum absolute atomic E-state index is 0.0218. The quantitative estimate of drug-likeness (QED) is 0.148. The van der Waals surface area contributed by atoms with Gasteiger partial charge in [0, 0.05) is 16.5 Å². The van der Waals surface area contributed by atoms with Crippen molar-refractivity contribution in [2.45, 2.75) is 25.3 Å². The zero-order chi connectivity index (χ0) is 34.1. The van der Waals surface area contributed by atoms with E-state index < -0.39 is 0 Å². The van der Waals surface area contributed by atoms with Crippen molar-refractivity contribution in [3.63, 3.8) is 0 Å². The van der Waals surface area contributed by atoms with Gasteiger partial charge in [-0.25, -0.2) is 4.99 Å². The summed E-state index contributed by atoms with van der Waals surface area (Å²) in [6.07, 6.45) is 2.30. The van der Waals surface area contributed by atoms with Gasteiger partial charge in [0.1, 0.15) is 5.84 Å². The lowest BCUT2D eigenvalue weighted by Crippen LogP contribution is -2.31. The Morgan fingerprint density at radius 1 is 0.510 bits per heavy atom. The van der Waals surface area contributed by atoms with Gasteiger partial charge in [-0.3, -0.25) is 0 Å². The normalized spacial score (nSPS) is 16.0. The summed E-state index contributed by atoms with van der Waals surface area (Å²) in [7, 11) is 0. The molecular weight excluding hydrogens is 617 g/mol. The Hall–Kier alpha value is -6.25. The summed E-state index contributed by atoms with van der Waals surface area (Å²) in [5.41, 5.74) is 12.1. The fourth-order valence-electron chi connectivity index (χ4n) is 8.66. The molecule has 1 heterocycles. The van der Waals surface area contributed by atoms with Gasteiger partial charge in [-0.2, -0.15) is 0 Å². The predicted octanol–water partition coefficient (Wildman–Crippen LogP) is 12.3. The first-order valence-electron chi connectivity index (χ1n) is 17.8. The van der Waals surface area contributed by atoms with Gasteiger partial charge in [0.15, 0.2) is 0 Å². The molecule has 0 radical (unpaired) electrons. The van der Waals surface area contributed by atoms with Crippen LogP contribution in [-0.4, -0.2) is 5.84 Å². The Morgan fingerprint density at radius 3 is 2.02 bits per heavy atom. The molecule has 0 amide bonds. The van der Waals surface area contributed by atoms with Crippen LogP contribution in [0.1, 0.15) is 47.7 Å². The molecule has 8 aromatic carbocycles. The maximum atomic E-state index is 5.41. The van der Waals surface area contributed by atoms with E-state index in [1.54, 1.807) is 0 Å². The Balaban J connectivity index is 1.11. The number of nitrogens with zero attached hydrogens (tertiary/aromatic N) is 1. The van der Waals surface area contributed by atoms with Crippen LogP contribution in [0.25, 0.3) is 60.3 Å². The molecule has 8 aromatic rings. The zero-order valence-corrected chi connectivity index (χ0v) is 28.7. The lowest BCUT2D eigenvalue weighted by molar-refractivity contribution is 0.658. The van der Waals surface area contributed by atoms with Gasteiger partial charge in [0.25, 0.3) is 0 Å². The molecule has 0 saturated heterocycles. The summed E-state index contributed by atoms with van der Waals surface area (Å²) in [4.78, 5) is 5.41. The molecule has 1 atom stereocenters. The molecule has 10 rings (SSSR count). The number of hydrogen-bond donors (Lipinski definition) is 1. The third-order valence-corrected chi connectivity index (χ3v) is 11.1. The molecule has 0 saturated carbocycles. The van der Waals surface area contributed by atoms with E-state index in [2.05, 4.69) is 189 Å². The van der Waals surface area contributed by atoms with Crippen LogP contribution in [-0.2, 0) is 5.41 Å². The first-order chi connectivity index (χ1) is 25.0. The van der Waals surface area contributed by atoms with E-state index in [0.29, 0.717) is 0 Å². The Labute approximate surface area is 298 Å². The topological polar surface area (TPSA) is 24.4 Å². The van der Waals surface area contributed by atoms with Crippen LogP contribution in [0, 0.1) is 0 Å². The second-order valence-electron chi connectivity index (χ2n) is 14.4. The van der Waals surface area contributed by atoms with E-state index in [1.165, 1.54) is 76.8 Å². The molecule has 1 unspecified atom stereocenters. The Morgan fingerprint density at radius 2 is 1.18 bits per heavy atom. The van der Waals surface area contributed by atoms with Crippen molar-refractivity contribution in [2.24, 2.45) is 4.99 Å². The minimum Gasteiger partial charge on any atom is -0.359 e. The van der Waals surface area contributed by atoms with Gasteiger partial charge in [0.05, 0.1) is 11.7 Å². The van der Waals surface area contributed by atoms with Gasteiger partial charge < -0.3 is 5.32 Å². The second kappa shape index (κ2) is 11.4. The van der Waals surface area contributed by atoms with Gasteiger partial charge >= 0.3 is 0 Å². The van der Waals surface area contributed by atoms with Crippen molar-refractivity contribution in [1.82, 2.24) is 5.32 Å².